The van der Waals surface area contributed by atoms with Crippen LogP contribution in [0.3, 0.4) is 0 Å². The van der Waals surface area contributed by atoms with E-state index in [2.05, 4.69) is 62.1 Å². The first-order valence-corrected chi connectivity index (χ1v) is 6.95. The fourth-order valence-electron chi connectivity index (χ4n) is 2.00. The van der Waals surface area contributed by atoms with Crippen LogP contribution in [0.2, 0.25) is 0 Å². The second-order valence-electron chi connectivity index (χ2n) is 5.39. The Bertz CT molecular complexity index is 332. The summed E-state index contributed by atoms with van der Waals surface area (Å²) in [6.45, 7) is 10.9. The molecule has 0 amide bonds. The minimum Gasteiger partial charge on any atom is -0.373 e. The van der Waals surface area contributed by atoms with Crippen LogP contribution in [0.4, 0.5) is 5.69 Å². The number of pyridine rings is 1. The number of anilines is 1. The van der Waals surface area contributed by atoms with Crippen molar-refractivity contribution in [3.05, 3.63) is 24.0 Å². The molecule has 0 spiro atoms. The molecule has 0 bridgehead atoms. The summed E-state index contributed by atoms with van der Waals surface area (Å²) in [4.78, 5) is 6.81. The lowest BCUT2D eigenvalue weighted by Crippen LogP contribution is -2.23. The lowest BCUT2D eigenvalue weighted by Gasteiger charge is -2.22. The molecule has 0 fully saturated rings. The highest BCUT2D eigenvalue weighted by Crippen LogP contribution is 2.16. The molecule has 0 radical (unpaired) electrons. The third-order valence-corrected chi connectivity index (χ3v) is 2.99. The third-order valence-electron chi connectivity index (χ3n) is 2.99. The Hall–Kier alpha value is -1.09. The van der Waals surface area contributed by atoms with Gasteiger partial charge in [0.1, 0.15) is 0 Å². The van der Waals surface area contributed by atoms with Crippen LogP contribution < -0.4 is 10.2 Å². The van der Waals surface area contributed by atoms with Crippen molar-refractivity contribution >= 4 is 5.69 Å². The van der Waals surface area contributed by atoms with Gasteiger partial charge in [-0.1, -0.05) is 20.8 Å². The van der Waals surface area contributed by atoms with Crippen molar-refractivity contribution in [2.75, 3.05) is 25.0 Å². The fraction of sp³-hybridized carbons (Fsp3) is 0.667. The van der Waals surface area contributed by atoms with Gasteiger partial charge in [-0.25, -0.2) is 0 Å². The van der Waals surface area contributed by atoms with E-state index in [1.165, 1.54) is 5.69 Å². The predicted molar refractivity (Wildman–Crippen MR) is 79.1 cm³/mol. The molecule has 102 valence electrons. The number of nitrogens with one attached hydrogen (secondary N) is 1. The summed E-state index contributed by atoms with van der Waals surface area (Å²) in [5, 5.41) is 3.45. The highest BCUT2D eigenvalue weighted by Gasteiger charge is 2.07. The zero-order valence-corrected chi connectivity index (χ0v) is 12.4. The molecule has 1 aromatic heterocycles. The van der Waals surface area contributed by atoms with Gasteiger partial charge < -0.3 is 10.2 Å². The van der Waals surface area contributed by atoms with Crippen LogP contribution in [0.25, 0.3) is 0 Å². The average molecular weight is 249 g/mol. The highest BCUT2D eigenvalue weighted by molar-refractivity contribution is 5.43. The molecule has 0 aliphatic carbocycles. The van der Waals surface area contributed by atoms with Crippen molar-refractivity contribution in [3.63, 3.8) is 0 Å². The summed E-state index contributed by atoms with van der Waals surface area (Å²) in [5.41, 5.74) is 2.31. The molecule has 0 saturated heterocycles. The number of nitrogens with zero attached hydrogens (tertiary/aromatic N) is 2. The summed E-state index contributed by atoms with van der Waals surface area (Å²) >= 11 is 0. The summed E-state index contributed by atoms with van der Waals surface area (Å²) in [6, 6.07) is 4.61. The maximum atomic E-state index is 4.56. The van der Waals surface area contributed by atoms with Crippen LogP contribution in [-0.4, -0.2) is 25.1 Å². The normalized spacial score (nSPS) is 12.8. The van der Waals surface area contributed by atoms with E-state index in [1.54, 1.807) is 0 Å². The smallest absolute Gasteiger partial charge is 0.0572 e. The highest BCUT2D eigenvalue weighted by atomic mass is 15.1. The van der Waals surface area contributed by atoms with E-state index < -0.39 is 0 Å². The van der Waals surface area contributed by atoms with Crippen LogP contribution in [-0.2, 0) is 0 Å². The molecular weight excluding hydrogens is 222 g/mol. The minimum absolute atomic E-state index is 0.328. The van der Waals surface area contributed by atoms with Gasteiger partial charge in [-0.2, -0.15) is 0 Å². The zero-order chi connectivity index (χ0) is 13.5. The Morgan fingerprint density at radius 2 is 2.00 bits per heavy atom. The largest absolute Gasteiger partial charge is 0.373 e. The maximum Gasteiger partial charge on any atom is 0.0572 e. The molecule has 1 unspecified atom stereocenters. The second kappa shape index (κ2) is 7.37. The minimum atomic E-state index is 0.328. The molecule has 0 aromatic carbocycles. The lowest BCUT2D eigenvalue weighted by atomic mass is 10.2. The first kappa shape index (κ1) is 15.0. The Labute approximate surface area is 112 Å². The van der Waals surface area contributed by atoms with Gasteiger partial charge in [0.05, 0.1) is 17.6 Å². The van der Waals surface area contributed by atoms with E-state index in [0.717, 1.165) is 25.2 Å². The molecular formula is C15H27N3. The van der Waals surface area contributed by atoms with E-state index in [0.29, 0.717) is 12.0 Å². The standard InChI is InChI=1S/C15H27N3/c1-6-9-16-13(4)15-8-7-14(10-17-15)18(5)11-12(2)3/h7-8,10,12-13,16H,6,9,11H2,1-5H3. The van der Waals surface area contributed by atoms with Gasteiger partial charge in [-0.3, -0.25) is 4.98 Å². The third kappa shape index (κ3) is 4.65. The molecule has 0 saturated carbocycles. The second-order valence-corrected chi connectivity index (χ2v) is 5.39. The maximum absolute atomic E-state index is 4.56. The summed E-state index contributed by atoms with van der Waals surface area (Å²) in [7, 11) is 2.12. The van der Waals surface area contributed by atoms with E-state index >= 15 is 0 Å². The number of rotatable bonds is 7. The van der Waals surface area contributed by atoms with Crippen molar-refractivity contribution in [1.29, 1.82) is 0 Å². The number of hydrogen-bond acceptors (Lipinski definition) is 3. The average Bonchev–Trinajstić information content (AvgIpc) is 2.35. The van der Waals surface area contributed by atoms with Crippen molar-refractivity contribution in [1.82, 2.24) is 10.3 Å². The molecule has 1 aromatic rings. The van der Waals surface area contributed by atoms with Crippen molar-refractivity contribution in [2.45, 2.75) is 40.2 Å². The summed E-state index contributed by atoms with van der Waals surface area (Å²) in [5.74, 6) is 0.667. The molecule has 1 N–H and O–H groups in total. The van der Waals surface area contributed by atoms with Crippen LogP contribution in [0.1, 0.15) is 45.9 Å². The zero-order valence-electron chi connectivity index (χ0n) is 12.4. The molecule has 1 rings (SSSR count). The lowest BCUT2D eigenvalue weighted by molar-refractivity contribution is 0.558. The van der Waals surface area contributed by atoms with Gasteiger partial charge >= 0.3 is 0 Å². The summed E-state index contributed by atoms with van der Waals surface area (Å²) < 4.78 is 0. The molecule has 18 heavy (non-hydrogen) atoms. The SMILES string of the molecule is CCCNC(C)c1ccc(N(C)CC(C)C)cn1. The fourth-order valence-corrected chi connectivity index (χ4v) is 2.00. The van der Waals surface area contributed by atoms with Gasteiger partial charge in [-0.15, -0.1) is 0 Å². The Balaban J connectivity index is 2.61. The monoisotopic (exact) mass is 249 g/mol. The quantitative estimate of drug-likeness (QED) is 0.804. The Morgan fingerprint density at radius 1 is 1.28 bits per heavy atom. The topological polar surface area (TPSA) is 28.2 Å². The van der Waals surface area contributed by atoms with Gasteiger partial charge in [0.25, 0.3) is 0 Å². The molecule has 1 heterocycles. The molecule has 3 heteroatoms. The number of hydrogen-bond donors (Lipinski definition) is 1. The Kier molecular flexibility index (Phi) is 6.13. The molecule has 1 atom stereocenters. The van der Waals surface area contributed by atoms with Gasteiger partial charge in [0.2, 0.25) is 0 Å². The Morgan fingerprint density at radius 3 is 2.50 bits per heavy atom. The van der Waals surface area contributed by atoms with Crippen LogP contribution in [0, 0.1) is 5.92 Å². The van der Waals surface area contributed by atoms with Crippen LogP contribution in [0.15, 0.2) is 18.3 Å². The van der Waals surface area contributed by atoms with Crippen LogP contribution >= 0.6 is 0 Å². The number of aromatic nitrogens is 1. The molecule has 0 aliphatic rings. The first-order chi connectivity index (χ1) is 8.54. The molecule has 0 aliphatic heterocycles. The van der Waals surface area contributed by atoms with E-state index in [9.17, 15) is 0 Å². The van der Waals surface area contributed by atoms with E-state index in [1.807, 2.05) is 6.20 Å². The van der Waals surface area contributed by atoms with Crippen LogP contribution in [0.5, 0.6) is 0 Å². The van der Waals surface area contributed by atoms with Gasteiger partial charge in [0, 0.05) is 19.6 Å². The van der Waals surface area contributed by atoms with Crippen molar-refractivity contribution in [3.8, 4) is 0 Å². The first-order valence-electron chi connectivity index (χ1n) is 6.95. The van der Waals surface area contributed by atoms with E-state index in [4.69, 9.17) is 0 Å². The van der Waals surface area contributed by atoms with Gasteiger partial charge in [-0.05, 0) is 37.9 Å². The molecule has 3 nitrogen and oxygen atoms in total. The van der Waals surface area contributed by atoms with Crippen molar-refractivity contribution < 1.29 is 0 Å². The van der Waals surface area contributed by atoms with Gasteiger partial charge in [0.15, 0.2) is 0 Å². The van der Waals surface area contributed by atoms with E-state index in [-0.39, 0.29) is 0 Å². The van der Waals surface area contributed by atoms with Crippen molar-refractivity contribution in [2.24, 2.45) is 5.92 Å². The predicted octanol–water partition coefficient (Wildman–Crippen LogP) is 3.23. The summed E-state index contributed by atoms with van der Waals surface area (Å²) in [6.07, 6.45) is 3.13.